The third-order valence-corrected chi connectivity index (χ3v) is 5.45. The van der Waals surface area contributed by atoms with Gasteiger partial charge in [-0.2, -0.15) is 0 Å². The summed E-state index contributed by atoms with van der Waals surface area (Å²) in [4.78, 5) is 0. The van der Waals surface area contributed by atoms with Gasteiger partial charge in [-0.1, -0.05) is 11.6 Å². The summed E-state index contributed by atoms with van der Waals surface area (Å²) in [5.74, 6) is 1.18. The van der Waals surface area contributed by atoms with Crippen molar-refractivity contribution in [3.63, 3.8) is 0 Å². The van der Waals surface area contributed by atoms with Gasteiger partial charge in [0, 0.05) is 11.6 Å². The maximum Gasteiger partial charge on any atom is 0.495 e. The minimum atomic E-state index is -0.432. The molecular weight excluding hydrogens is 326 g/mol. The molecule has 24 heavy (non-hydrogen) atoms. The van der Waals surface area contributed by atoms with Crippen molar-refractivity contribution >= 4 is 24.2 Å². The minimum absolute atomic E-state index is 0.207. The lowest BCUT2D eigenvalue weighted by atomic mass is 9.74. The van der Waals surface area contributed by atoms with Crippen molar-refractivity contribution in [2.24, 2.45) is 0 Å². The molecule has 0 unspecified atom stereocenters. The van der Waals surface area contributed by atoms with Crippen LogP contribution >= 0.6 is 11.6 Å². The van der Waals surface area contributed by atoms with E-state index in [0.29, 0.717) is 18.3 Å². The van der Waals surface area contributed by atoms with E-state index in [9.17, 15) is 0 Å². The number of benzene rings is 1. The number of hydrogen-bond acceptors (Lipinski definition) is 4. The molecule has 1 aliphatic carbocycles. The van der Waals surface area contributed by atoms with Gasteiger partial charge in [0.15, 0.2) is 6.79 Å². The van der Waals surface area contributed by atoms with Crippen molar-refractivity contribution in [3.8, 4) is 5.75 Å². The molecule has 0 amide bonds. The van der Waals surface area contributed by atoms with E-state index in [1.807, 2.05) is 19.1 Å². The van der Waals surface area contributed by atoms with Crippen LogP contribution < -0.4 is 10.2 Å². The summed E-state index contributed by atoms with van der Waals surface area (Å²) in [6.07, 6.45) is 2.32. The largest absolute Gasteiger partial charge is 0.495 e. The average molecular weight is 353 g/mol. The summed E-state index contributed by atoms with van der Waals surface area (Å²) in [6, 6.07) is 3.85. The maximum absolute atomic E-state index is 6.57. The van der Waals surface area contributed by atoms with Crippen LogP contribution in [0.3, 0.4) is 0 Å². The van der Waals surface area contributed by atoms with Gasteiger partial charge in [0.05, 0.1) is 11.2 Å². The molecule has 4 nitrogen and oxygen atoms in total. The van der Waals surface area contributed by atoms with Gasteiger partial charge in [-0.25, -0.2) is 0 Å². The quantitative estimate of drug-likeness (QED) is 0.442. The second kappa shape index (κ2) is 6.52. The van der Waals surface area contributed by atoms with Gasteiger partial charge in [0.25, 0.3) is 0 Å². The zero-order valence-electron chi connectivity index (χ0n) is 15.1. The highest BCUT2D eigenvalue weighted by Crippen LogP contribution is 2.45. The van der Waals surface area contributed by atoms with Crippen LogP contribution in [0, 0.1) is 0 Å². The Bertz CT molecular complexity index is 597. The van der Waals surface area contributed by atoms with Gasteiger partial charge in [-0.05, 0) is 76.5 Å². The van der Waals surface area contributed by atoms with Crippen LogP contribution in [-0.4, -0.2) is 31.7 Å². The third kappa shape index (κ3) is 3.45. The molecule has 1 heterocycles. The van der Waals surface area contributed by atoms with Crippen LogP contribution in [0.25, 0.3) is 0 Å². The first-order valence-corrected chi connectivity index (χ1v) is 9.02. The molecule has 0 bridgehead atoms. The Morgan fingerprint density at radius 1 is 1.17 bits per heavy atom. The minimum Gasteiger partial charge on any atom is -0.468 e. The second-order valence-corrected chi connectivity index (χ2v) is 7.93. The van der Waals surface area contributed by atoms with Crippen molar-refractivity contribution in [1.29, 1.82) is 0 Å². The fourth-order valence-electron chi connectivity index (χ4n) is 2.86. The molecule has 1 aromatic carbocycles. The third-order valence-electron chi connectivity index (χ3n) is 5.14. The van der Waals surface area contributed by atoms with Crippen LogP contribution in [0.5, 0.6) is 5.75 Å². The Kier molecular flexibility index (Phi) is 4.91. The Balaban J connectivity index is 1.93. The first kappa shape index (κ1) is 18.1. The number of hydrogen-bond donors (Lipinski definition) is 0. The number of rotatable bonds is 6. The van der Waals surface area contributed by atoms with E-state index in [2.05, 4.69) is 27.7 Å². The summed E-state index contributed by atoms with van der Waals surface area (Å²) < 4.78 is 23.4. The predicted octanol–water partition coefficient (Wildman–Crippen LogP) is 3.89. The molecule has 2 aliphatic rings. The molecule has 132 valence electrons. The monoisotopic (exact) mass is 352 g/mol. The first-order valence-electron chi connectivity index (χ1n) is 8.64. The Morgan fingerprint density at radius 2 is 1.79 bits per heavy atom. The van der Waals surface area contributed by atoms with Crippen LogP contribution in [0.15, 0.2) is 12.1 Å². The Hall–Kier alpha value is -0.745. The van der Waals surface area contributed by atoms with Crippen molar-refractivity contribution in [1.82, 2.24) is 0 Å². The maximum atomic E-state index is 6.57. The predicted molar refractivity (Wildman–Crippen MR) is 96.3 cm³/mol. The van der Waals surface area contributed by atoms with Crippen molar-refractivity contribution < 1.29 is 18.8 Å². The Morgan fingerprint density at radius 3 is 2.33 bits per heavy atom. The van der Waals surface area contributed by atoms with Gasteiger partial charge in [-0.3, -0.25) is 0 Å². The summed E-state index contributed by atoms with van der Waals surface area (Å²) in [6.45, 7) is 11.0. The Labute approximate surface area is 149 Å². The lowest BCUT2D eigenvalue weighted by molar-refractivity contribution is 0.00578. The summed E-state index contributed by atoms with van der Waals surface area (Å²) >= 11 is 6.57. The molecule has 0 spiro atoms. The normalized spacial score (nSPS) is 22.0. The zero-order chi connectivity index (χ0) is 17.5. The van der Waals surface area contributed by atoms with E-state index in [1.165, 1.54) is 0 Å². The highest BCUT2D eigenvalue weighted by atomic mass is 35.5. The number of halogens is 1. The molecule has 3 rings (SSSR count). The summed E-state index contributed by atoms with van der Waals surface area (Å²) in [5.41, 5.74) is 1.36. The van der Waals surface area contributed by atoms with E-state index in [0.717, 1.165) is 28.9 Å². The standard InChI is InChI=1S/C18H26BClO4/c1-6-21-11-22-13-9-14(16(12-7-8-12)15(20)10-13)19-23-17(2,3)18(4,5)24-19/h9-10,12H,6-8,11H2,1-5H3. The highest BCUT2D eigenvalue weighted by Gasteiger charge is 2.53. The fraction of sp³-hybridized carbons (Fsp3) is 0.667. The smallest absolute Gasteiger partial charge is 0.468 e. The van der Waals surface area contributed by atoms with Gasteiger partial charge >= 0.3 is 7.12 Å². The van der Waals surface area contributed by atoms with Gasteiger partial charge in [0.2, 0.25) is 0 Å². The summed E-state index contributed by atoms with van der Waals surface area (Å²) in [7, 11) is -0.432. The van der Waals surface area contributed by atoms with Gasteiger partial charge in [-0.15, -0.1) is 0 Å². The van der Waals surface area contributed by atoms with Crippen molar-refractivity contribution in [3.05, 3.63) is 22.7 Å². The molecule has 2 fully saturated rings. The van der Waals surface area contributed by atoms with Crippen LogP contribution in [0.2, 0.25) is 5.02 Å². The van der Waals surface area contributed by atoms with E-state index in [4.69, 9.17) is 30.4 Å². The van der Waals surface area contributed by atoms with Crippen molar-refractivity contribution in [2.45, 2.75) is 64.6 Å². The lowest BCUT2D eigenvalue weighted by Crippen LogP contribution is -2.41. The molecule has 0 radical (unpaired) electrons. The summed E-state index contributed by atoms with van der Waals surface area (Å²) in [5, 5.41) is 0.719. The lowest BCUT2D eigenvalue weighted by Gasteiger charge is -2.32. The van der Waals surface area contributed by atoms with Crippen LogP contribution in [-0.2, 0) is 14.0 Å². The molecule has 1 aliphatic heterocycles. The van der Waals surface area contributed by atoms with Gasteiger partial charge in [0.1, 0.15) is 5.75 Å². The van der Waals surface area contributed by atoms with Gasteiger partial charge < -0.3 is 18.8 Å². The molecule has 1 saturated carbocycles. The average Bonchev–Trinajstić information content (AvgIpc) is 3.26. The molecule has 0 aromatic heterocycles. The van der Waals surface area contributed by atoms with E-state index < -0.39 is 7.12 Å². The highest BCUT2D eigenvalue weighted by molar-refractivity contribution is 6.63. The number of ether oxygens (including phenoxy) is 2. The van der Waals surface area contributed by atoms with Crippen LogP contribution in [0.1, 0.15) is 58.9 Å². The van der Waals surface area contributed by atoms with E-state index in [-0.39, 0.29) is 18.0 Å². The van der Waals surface area contributed by atoms with Crippen LogP contribution in [0.4, 0.5) is 0 Å². The topological polar surface area (TPSA) is 36.9 Å². The molecule has 0 atom stereocenters. The first-order chi connectivity index (χ1) is 11.2. The molecule has 1 aromatic rings. The van der Waals surface area contributed by atoms with E-state index in [1.54, 1.807) is 0 Å². The fourth-order valence-corrected chi connectivity index (χ4v) is 3.23. The molecular formula is C18H26BClO4. The van der Waals surface area contributed by atoms with Crippen molar-refractivity contribution in [2.75, 3.05) is 13.4 Å². The molecule has 6 heteroatoms. The zero-order valence-corrected chi connectivity index (χ0v) is 15.9. The molecule has 1 saturated heterocycles. The van der Waals surface area contributed by atoms with E-state index >= 15 is 0 Å². The SMILES string of the molecule is CCOCOc1cc(Cl)c(C2CC2)c(B2OC(C)(C)C(C)(C)O2)c1. The second-order valence-electron chi connectivity index (χ2n) is 7.53. The molecule has 0 N–H and O–H groups in total.